The van der Waals surface area contributed by atoms with Gasteiger partial charge in [-0.15, -0.1) is 0 Å². The first kappa shape index (κ1) is 21.0. The van der Waals surface area contributed by atoms with Gasteiger partial charge in [-0.1, -0.05) is 13.3 Å². The highest BCUT2D eigenvalue weighted by molar-refractivity contribution is 6.04. The summed E-state index contributed by atoms with van der Waals surface area (Å²) in [6.07, 6.45) is 3.87. The highest BCUT2D eigenvalue weighted by atomic mass is 16.1. The Bertz CT molecular complexity index is 821. The van der Waals surface area contributed by atoms with Crippen LogP contribution in [0.1, 0.15) is 70.4 Å². The van der Waals surface area contributed by atoms with Crippen LogP contribution in [0, 0.1) is 0 Å². The quantitative estimate of drug-likeness (QED) is 0.502. The lowest BCUT2D eigenvalue weighted by Gasteiger charge is -2.31. The molecule has 1 N–H and O–H groups in total. The normalized spacial score (nSPS) is 11.4. The van der Waals surface area contributed by atoms with Crippen molar-refractivity contribution < 1.29 is 9.59 Å². The molecule has 0 radical (unpaired) electrons. The van der Waals surface area contributed by atoms with Crippen LogP contribution < -0.4 is 9.80 Å². The molecule has 5 nitrogen and oxygen atoms in total. The number of unbranched alkanes of at least 4 members (excludes halogenated alkanes) is 1. The molecule has 0 spiro atoms. The molecule has 0 aliphatic rings. The maximum Gasteiger partial charge on any atom is 0.214 e. The average Bonchev–Trinajstić information content (AvgIpc) is 2.96. The lowest BCUT2D eigenvalue weighted by Crippen LogP contribution is -2.33. The van der Waals surface area contributed by atoms with Gasteiger partial charge >= 0.3 is 0 Å². The summed E-state index contributed by atoms with van der Waals surface area (Å²) in [5, 5.41) is 1.08. The van der Waals surface area contributed by atoms with E-state index in [-0.39, 0.29) is 17.9 Å². The number of nitrogens with one attached hydrogen (secondary N) is 1. The molecule has 1 aromatic carbocycles. The second-order valence-corrected chi connectivity index (χ2v) is 7.84. The number of Topliss-reactive ketones (excluding diaryl/α,β-unsaturated/α-hetero) is 1. The fourth-order valence-electron chi connectivity index (χ4n) is 3.41. The van der Waals surface area contributed by atoms with Gasteiger partial charge in [0.15, 0.2) is 5.78 Å². The number of amides is 1. The van der Waals surface area contributed by atoms with Crippen molar-refractivity contribution in [3.05, 3.63) is 23.4 Å². The number of aryl methyl sites for hydroxylation is 1. The number of hydrogen-bond acceptors (Lipinski definition) is 3. The molecular weight excluding hydrogens is 338 g/mol. The van der Waals surface area contributed by atoms with E-state index in [1.165, 1.54) is 0 Å². The van der Waals surface area contributed by atoms with Crippen LogP contribution in [0.5, 0.6) is 0 Å². The van der Waals surface area contributed by atoms with Gasteiger partial charge in [0.05, 0.1) is 17.1 Å². The van der Waals surface area contributed by atoms with E-state index in [9.17, 15) is 9.59 Å². The summed E-state index contributed by atoms with van der Waals surface area (Å²) in [5.74, 6) is 0.0497. The molecule has 1 amide bonds. The van der Waals surface area contributed by atoms with Gasteiger partial charge in [0.25, 0.3) is 0 Å². The van der Waals surface area contributed by atoms with Crippen LogP contribution in [0.25, 0.3) is 10.9 Å². The number of nitrogens with zero attached hydrogens (tertiary/aromatic N) is 2. The number of carbonyl (C=O) groups is 2. The number of fused-ring (bicyclic) bond motifs is 1. The summed E-state index contributed by atoms with van der Waals surface area (Å²) >= 11 is 0. The van der Waals surface area contributed by atoms with Crippen molar-refractivity contribution >= 4 is 34.5 Å². The van der Waals surface area contributed by atoms with Crippen molar-refractivity contribution in [3.8, 4) is 0 Å². The van der Waals surface area contributed by atoms with Gasteiger partial charge in [-0.05, 0) is 58.2 Å². The van der Waals surface area contributed by atoms with Crippen LogP contribution >= 0.6 is 0 Å². The molecule has 5 heteroatoms. The highest BCUT2D eigenvalue weighted by Gasteiger charge is 2.22. The van der Waals surface area contributed by atoms with E-state index < -0.39 is 0 Å². The molecule has 0 saturated carbocycles. The molecule has 2 aromatic rings. The predicted molar refractivity (Wildman–Crippen MR) is 114 cm³/mol. The topological polar surface area (TPSA) is 56.4 Å². The van der Waals surface area contributed by atoms with E-state index in [2.05, 4.69) is 36.7 Å². The first-order valence-electron chi connectivity index (χ1n) is 9.88. The van der Waals surface area contributed by atoms with Gasteiger partial charge < -0.3 is 14.8 Å². The van der Waals surface area contributed by atoms with Crippen LogP contribution in [0.15, 0.2) is 12.1 Å². The summed E-state index contributed by atoms with van der Waals surface area (Å²) in [7, 11) is 2.04. The van der Waals surface area contributed by atoms with Gasteiger partial charge in [0.2, 0.25) is 6.41 Å². The Kier molecular flexibility index (Phi) is 6.68. The zero-order valence-electron chi connectivity index (χ0n) is 17.7. The molecule has 0 atom stereocenters. The molecule has 1 aromatic heterocycles. The zero-order valence-corrected chi connectivity index (χ0v) is 17.7. The summed E-state index contributed by atoms with van der Waals surface area (Å²) in [6.45, 7) is 12.0. The van der Waals surface area contributed by atoms with Gasteiger partial charge in [-0.2, -0.15) is 0 Å². The SMILES string of the molecule is CCCCc1c(C(C)=O)[nH]c2cc(N(C=O)C(C)C)c(N(C)C(C)C)cc12. The standard InChI is InChI=1S/C22H33N3O2/c1-8-9-10-17-18-11-20(24(7)14(2)3)21(25(13-26)15(4)5)12-19(18)23-22(17)16(6)27/h11-15,23H,8-10H2,1-7H3. The maximum atomic E-state index is 12.2. The number of carbonyl (C=O) groups excluding carboxylic acids is 2. The Hall–Kier alpha value is -2.30. The average molecular weight is 372 g/mol. The smallest absolute Gasteiger partial charge is 0.214 e. The van der Waals surface area contributed by atoms with Crippen molar-refractivity contribution in [1.82, 2.24) is 4.98 Å². The number of ketones is 1. The fourth-order valence-corrected chi connectivity index (χ4v) is 3.41. The first-order chi connectivity index (χ1) is 12.7. The largest absolute Gasteiger partial charge is 0.370 e. The van der Waals surface area contributed by atoms with Crippen LogP contribution in [-0.2, 0) is 11.2 Å². The van der Waals surface area contributed by atoms with Crippen molar-refractivity contribution in [3.63, 3.8) is 0 Å². The third kappa shape index (κ3) is 4.18. The number of hydrogen-bond donors (Lipinski definition) is 1. The number of aromatic amines is 1. The predicted octanol–water partition coefficient (Wildman–Crippen LogP) is 4.93. The Morgan fingerprint density at radius 2 is 1.81 bits per heavy atom. The minimum Gasteiger partial charge on any atom is -0.370 e. The van der Waals surface area contributed by atoms with E-state index in [0.717, 1.165) is 53.5 Å². The minimum atomic E-state index is 0.0427. The lowest BCUT2D eigenvalue weighted by atomic mass is 10.0. The van der Waals surface area contributed by atoms with Crippen LogP contribution in [-0.4, -0.2) is 36.3 Å². The van der Waals surface area contributed by atoms with Crippen molar-refractivity contribution in [2.45, 2.75) is 72.9 Å². The summed E-state index contributed by atoms with van der Waals surface area (Å²) in [6, 6.07) is 4.48. The molecule has 0 aliphatic heterocycles. The second-order valence-electron chi connectivity index (χ2n) is 7.84. The van der Waals surface area contributed by atoms with Crippen molar-refractivity contribution in [1.29, 1.82) is 0 Å². The van der Waals surface area contributed by atoms with Gasteiger partial charge in [-0.25, -0.2) is 0 Å². The molecule has 148 valence electrons. The Balaban J connectivity index is 2.80. The highest BCUT2D eigenvalue weighted by Crippen LogP contribution is 2.37. The molecule has 1 heterocycles. The first-order valence-corrected chi connectivity index (χ1v) is 9.88. The number of rotatable bonds is 9. The van der Waals surface area contributed by atoms with Gasteiger partial charge in [-0.3, -0.25) is 9.59 Å². The fraction of sp³-hybridized carbons (Fsp3) is 0.545. The summed E-state index contributed by atoms with van der Waals surface area (Å²) in [4.78, 5) is 31.2. The Morgan fingerprint density at radius 1 is 1.15 bits per heavy atom. The zero-order chi connectivity index (χ0) is 20.3. The van der Waals surface area contributed by atoms with E-state index in [0.29, 0.717) is 5.69 Å². The molecule has 0 aliphatic carbocycles. The van der Waals surface area contributed by atoms with E-state index in [4.69, 9.17) is 0 Å². The number of H-pyrrole nitrogens is 1. The maximum absolute atomic E-state index is 12.2. The van der Waals surface area contributed by atoms with E-state index in [1.54, 1.807) is 11.8 Å². The third-order valence-corrected chi connectivity index (χ3v) is 5.24. The van der Waals surface area contributed by atoms with E-state index >= 15 is 0 Å². The van der Waals surface area contributed by atoms with Crippen molar-refractivity contribution in [2.75, 3.05) is 16.8 Å². The van der Waals surface area contributed by atoms with Crippen LogP contribution in [0.4, 0.5) is 11.4 Å². The van der Waals surface area contributed by atoms with Gasteiger partial charge in [0.1, 0.15) is 0 Å². The molecule has 0 fully saturated rings. The second kappa shape index (κ2) is 8.59. The Labute approximate surface area is 162 Å². The molecular formula is C22H33N3O2. The van der Waals surface area contributed by atoms with Crippen molar-refractivity contribution in [2.24, 2.45) is 0 Å². The summed E-state index contributed by atoms with van der Waals surface area (Å²) in [5.41, 5.74) is 4.56. The third-order valence-electron chi connectivity index (χ3n) is 5.24. The van der Waals surface area contributed by atoms with Crippen LogP contribution in [0.2, 0.25) is 0 Å². The molecule has 2 rings (SSSR count). The minimum absolute atomic E-state index is 0.0427. The van der Waals surface area contributed by atoms with Crippen LogP contribution in [0.3, 0.4) is 0 Å². The van der Waals surface area contributed by atoms with Gasteiger partial charge in [0, 0.05) is 37.0 Å². The molecule has 0 unspecified atom stereocenters. The lowest BCUT2D eigenvalue weighted by molar-refractivity contribution is -0.107. The Morgan fingerprint density at radius 3 is 2.30 bits per heavy atom. The summed E-state index contributed by atoms with van der Waals surface area (Å²) < 4.78 is 0. The number of benzene rings is 1. The molecule has 0 bridgehead atoms. The molecule has 27 heavy (non-hydrogen) atoms. The molecule has 0 saturated heterocycles. The number of anilines is 2. The van der Waals surface area contributed by atoms with E-state index in [1.807, 2.05) is 27.0 Å². The number of aromatic nitrogens is 1. The monoisotopic (exact) mass is 371 g/mol.